The van der Waals surface area contributed by atoms with Crippen molar-refractivity contribution in [2.75, 3.05) is 13.2 Å². The third kappa shape index (κ3) is 2.25. The Hall–Kier alpha value is -0.610. The van der Waals surface area contributed by atoms with Crippen LogP contribution in [-0.4, -0.2) is 30.8 Å². The molecule has 1 fully saturated rings. The van der Waals surface area contributed by atoms with Crippen molar-refractivity contribution in [3.05, 3.63) is 0 Å². The summed E-state index contributed by atoms with van der Waals surface area (Å²) in [7, 11) is 0. The molecule has 2 N–H and O–H groups in total. The molecule has 0 aromatic heterocycles. The van der Waals surface area contributed by atoms with Gasteiger partial charge in [0, 0.05) is 6.04 Å². The van der Waals surface area contributed by atoms with Gasteiger partial charge >= 0.3 is 5.97 Å². The molecule has 0 aromatic rings. The molecule has 0 saturated carbocycles. The van der Waals surface area contributed by atoms with Crippen molar-refractivity contribution in [2.45, 2.75) is 39.3 Å². The lowest BCUT2D eigenvalue weighted by molar-refractivity contribution is -0.167. The summed E-state index contributed by atoms with van der Waals surface area (Å²) in [4.78, 5) is 11.8. The fourth-order valence-corrected chi connectivity index (χ4v) is 1.29. The van der Waals surface area contributed by atoms with Crippen molar-refractivity contribution in [3.8, 4) is 0 Å². The number of hydrogen-bond acceptors (Lipinski definition) is 4. The normalized spacial score (nSPS) is 33.1. The Kier molecular flexibility index (Phi) is 2.88. The third-order valence-electron chi connectivity index (χ3n) is 2.38. The average molecular weight is 201 g/mol. The predicted octanol–water partition coefficient (Wildman–Crippen LogP) is 0.692. The van der Waals surface area contributed by atoms with E-state index in [0.717, 1.165) is 0 Å². The maximum Gasteiger partial charge on any atom is 0.316 e. The van der Waals surface area contributed by atoms with Gasteiger partial charge in [0.25, 0.3) is 0 Å². The van der Waals surface area contributed by atoms with Crippen LogP contribution in [0.4, 0.5) is 0 Å². The second-order valence-corrected chi connectivity index (χ2v) is 5.04. The van der Waals surface area contributed by atoms with Gasteiger partial charge in [-0.25, -0.2) is 0 Å². The molecule has 4 nitrogen and oxygen atoms in total. The minimum atomic E-state index is -0.687. The minimum Gasteiger partial charge on any atom is -0.459 e. The van der Waals surface area contributed by atoms with E-state index in [9.17, 15) is 4.79 Å². The highest BCUT2D eigenvalue weighted by atomic mass is 16.6. The van der Waals surface area contributed by atoms with Crippen LogP contribution in [0.15, 0.2) is 0 Å². The molecule has 4 heteroatoms. The fourth-order valence-electron chi connectivity index (χ4n) is 1.29. The zero-order valence-corrected chi connectivity index (χ0v) is 9.29. The first kappa shape index (κ1) is 11.5. The fraction of sp³-hybridized carbons (Fsp3) is 0.900. The van der Waals surface area contributed by atoms with Crippen molar-refractivity contribution in [1.82, 2.24) is 0 Å². The molecule has 1 saturated heterocycles. The summed E-state index contributed by atoms with van der Waals surface area (Å²) >= 11 is 0. The van der Waals surface area contributed by atoms with Crippen molar-refractivity contribution in [2.24, 2.45) is 11.1 Å². The summed E-state index contributed by atoms with van der Waals surface area (Å²) in [5.41, 5.74) is 4.65. The highest BCUT2D eigenvalue weighted by molar-refractivity contribution is 5.78. The number of carbonyl (C=O) groups excluding carboxylic acids is 1. The van der Waals surface area contributed by atoms with E-state index < -0.39 is 11.0 Å². The van der Waals surface area contributed by atoms with Crippen LogP contribution in [0.2, 0.25) is 0 Å². The highest BCUT2D eigenvalue weighted by Gasteiger charge is 2.46. The van der Waals surface area contributed by atoms with Crippen LogP contribution in [0.25, 0.3) is 0 Å². The molecule has 0 radical (unpaired) electrons. The zero-order chi connectivity index (χ0) is 11.0. The highest BCUT2D eigenvalue weighted by Crippen LogP contribution is 2.30. The van der Waals surface area contributed by atoms with Crippen LogP contribution in [0.1, 0.15) is 27.7 Å². The Labute approximate surface area is 84.7 Å². The predicted molar refractivity (Wildman–Crippen MR) is 52.7 cm³/mol. The quantitative estimate of drug-likeness (QED) is 0.634. The number of hydrogen-bond donors (Lipinski definition) is 1. The Bertz CT molecular complexity index is 234. The summed E-state index contributed by atoms with van der Waals surface area (Å²) in [6.45, 7) is 8.10. The van der Waals surface area contributed by atoms with Gasteiger partial charge < -0.3 is 15.2 Å². The maximum atomic E-state index is 11.8. The molecular formula is C10H19NO3. The van der Waals surface area contributed by atoms with Gasteiger partial charge in [0.15, 0.2) is 0 Å². The Morgan fingerprint density at radius 1 is 1.57 bits per heavy atom. The third-order valence-corrected chi connectivity index (χ3v) is 2.38. The Morgan fingerprint density at radius 2 is 2.14 bits per heavy atom. The molecule has 1 aliphatic rings. The minimum absolute atomic E-state index is 0.266. The van der Waals surface area contributed by atoms with E-state index in [-0.39, 0.29) is 12.0 Å². The lowest BCUT2D eigenvalue weighted by Crippen LogP contribution is -2.47. The van der Waals surface area contributed by atoms with Gasteiger partial charge in [-0.15, -0.1) is 0 Å². The van der Waals surface area contributed by atoms with E-state index in [2.05, 4.69) is 0 Å². The standard InChI is InChI=1S/C10H19NO3/c1-9(2,3)14-8(12)10(4)6-13-5-7(10)11/h7H,5-6,11H2,1-4H3. The zero-order valence-electron chi connectivity index (χ0n) is 9.29. The van der Waals surface area contributed by atoms with Gasteiger partial charge in [0.1, 0.15) is 11.0 Å². The van der Waals surface area contributed by atoms with Crippen molar-refractivity contribution < 1.29 is 14.3 Å². The van der Waals surface area contributed by atoms with Crippen molar-refractivity contribution >= 4 is 5.97 Å². The van der Waals surface area contributed by atoms with Gasteiger partial charge in [0.2, 0.25) is 0 Å². The molecule has 14 heavy (non-hydrogen) atoms. The number of ether oxygens (including phenoxy) is 2. The summed E-state index contributed by atoms with van der Waals surface area (Å²) in [5.74, 6) is -0.269. The molecule has 1 rings (SSSR count). The van der Waals surface area contributed by atoms with Crippen molar-refractivity contribution in [3.63, 3.8) is 0 Å². The smallest absolute Gasteiger partial charge is 0.316 e. The number of rotatable bonds is 1. The first-order valence-corrected chi connectivity index (χ1v) is 4.82. The lowest BCUT2D eigenvalue weighted by atomic mass is 9.86. The summed E-state index contributed by atoms with van der Waals surface area (Å²) in [6, 6.07) is -0.266. The molecule has 0 aromatic carbocycles. The SMILES string of the molecule is CC(C)(C)OC(=O)C1(C)COCC1N. The van der Waals surface area contributed by atoms with Gasteiger partial charge in [0.05, 0.1) is 13.2 Å². The Balaban J connectivity index is 2.68. The van der Waals surface area contributed by atoms with Crippen LogP contribution in [0, 0.1) is 5.41 Å². The molecule has 1 aliphatic heterocycles. The Morgan fingerprint density at radius 3 is 2.50 bits per heavy atom. The van der Waals surface area contributed by atoms with Crippen LogP contribution in [0.5, 0.6) is 0 Å². The maximum absolute atomic E-state index is 11.8. The second-order valence-electron chi connectivity index (χ2n) is 5.04. The second kappa shape index (κ2) is 3.51. The van der Waals surface area contributed by atoms with Gasteiger partial charge in [-0.05, 0) is 27.7 Å². The van der Waals surface area contributed by atoms with Gasteiger partial charge in [-0.3, -0.25) is 4.79 Å². The molecular weight excluding hydrogens is 182 g/mol. The van der Waals surface area contributed by atoms with Crippen LogP contribution in [0.3, 0.4) is 0 Å². The van der Waals surface area contributed by atoms with Gasteiger partial charge in [-0.2, -0.15) is 0 Å². The van der Waals surface area contributed by atoms with Crippen LogP contribution in [-0.2, 0) is 14.3 Å². The van der Waals surface area contributed by atoms with E-state index in [1.165, 1.54) is 0 Å². The average Bonchev–Trinajstić information content (AvgIpc) is 2.30. The first-order valence-electron chi connectivity index (χ1n) is 4.82. The molecule has 0 amide bonds. The van der Waals surface area contributed by atoms with E-state index in [1.54, 1.807) is 6.92 Å². The molecule has 0 bridgehead atoms. The topological polar surface area (TPSA) is 61.5 Å². The summed E-state index contributed by atoms with van der Waals surface area (Å²) in [6.07, 6.45) is 0. The summed E-state index contributed by atoms with van der Waals surface area (Å²) < 4.78 is 10.5. The number of nitrogens with two attached hydrogens (primary N) is 1. The van der Waals surface area contributed by atoms with Crippen molar-refractivity contribution in [1.29, 1.82) is 0 Å². The molecule has 0 aliphatic carbocycles. The van der Waals surface area contributed by atoms with Crippen LogP contribution < -0.4 is 5.73 Å². The van der Waals surface area contributed by atoms with E-state index >= 15 is 0 Å². The number of carbonyl (C=O) groups is 1. The molecule has 82 valence electrons. The molecule has 1 heterocycles. The van der Waals surface area contributed by atoms with Crippen LogP contribution >= 0.6 is 0 Å². The van der Waals surface area contributed by atoms with E-state index in [4.69, 9.17) is 15.2 Å². The number of esters is 1. The lowest BCUT2D eigenvalue weighted by Gasteiger charge is -2.29. The van der Waals surface area contributed by atoms with Gasteiger partial charge in [-0.1, -0.05) is 0 Å². The molecule has 2 atom stereocenters. The monoisotopic (exact) mass is 201 g/mol. The largest absolute Gasteiger partial charge is 0.459 e. The molecule has 2 unspecified atom stereocenters. The van der Waals surface area contributed by atoms with E-state index in [0.29, 0.717) is 13.2 Å². The summed E-state index contributed by atoms with van der Waals surface area (Å²) in [5, 5.41) is 0. The first-order chi connectivity index (χ1) is 6.26. The van der Waals surface area contributed by atoms with E-state index in [1.807, 2.05) is 20.8 Å². The molecule has 0 spiro atoms.